The van der Waals surface area contributed by atoms with E-state index in [4.69, 9.17) is 11.6 Å². The van der Waals surface area contributed by atoms with Gasteiger partial charge in [-0.2, -0.15) is 0 Å². The first kappa shape index (κ1) is 17.4. The third-order valence-corrected chi connectivity index (χ3v) is 4.67. The van der Waals surface area contributed by atoms with Crippen molar-refractivity contribution in [3.05, 3.63) is 58.7 Å². The van der Waals surface area contributed by atoms with E-state index in [1.54, 1.807) is 31.1 Å². The van der Waals surface area contributed by atoms with Gasteiger partial charge in [0.15, 0.2) is 5.13 Å². The lowest BCUT2D eigenvalue weighted by Crippen LogP contribution is -2.22. The molecule has 0 bridgehead atoms. The lowest BCUT2D eigenvalue weighted by molar-refractivity contribution is -0.128. The largest absolute Gasteiger partial charge is 0.342 e. The number of nitrogens with one attached hydrogen (secondary N) is 1. The minimum absolute atomic E-state index is 0.0518. The molecule has 0 saturated heterocycles. The van der Waals surface area contributed by atoms with Crippen molar-refractivity contribution in [3.8, 4) is 11.3 Å². The van der Waals surface area contributed by atoms with Crippen LogP contribution in [0.1, 0.15) is 12.5 Å². The van der Waals surface area contributed by atoms with Gasteiger partial charge in [-0.3, -0.25) is 4.79 Å². The molecule has 0 unspecified atom stereocenters. The van der Waals surface area contributed by atoms with Gasteiger partial charge >= 0.3 is 0 Å². The van der Waals surface area contributed by atoms with Crippen molar-refractivity contribution >= 4 is 39.7 Å². The van der Waals surface area contributed by atoms with E-state index in [0.717, 1.165) is 27.6 Å². The van der Waals surface area contributed by atoms with Crippen molar-refractivity contribution in [2.45, 2.75) is 13.5 Å². The first-order valence-electron chi connectivity index (χ1n) is 7.66. The van der Waals surface area contributed by atoms with Crippen LogP contribution in [-0.2, 0) is 11.3 Å². The fourth-order valence-corrected chi connectivity index (χ4v) is 3.05. The molecule has 2 heterocycles. The number of hydrogen-bond acceptors (Lipinski definition) is 5. The molecule has 0 aliphatic rings. The zero-order chi connectivity index (χ0) is 17.8. The van der Waals surface area contributed by atoms with Crippen molar-refractivity contribution in [3.63, 3.8) is 0 Å². The summed E-state index contributed by atoms with van der Waals surface area (Å²) in [6.45, 7) is 2.16. The van der Waals surface area contributed by atoms with Crippen molar-refractivity contribution in [2.24, 2.45) is 0 Å². The maximum absolute atomic E-state index is 11.3. The van der Waals surface area contributed by atoms with Crippen LogP contribution in [0.5, 0.6) is 0 Å². The van der Waals surface area contributed by atoms with Crippen LogP contribution < -0.4 is 5.32 Å². The highest BCUT2D eigenvalue weighted by molar-refractivity contribution is 7.14. The lowest BCUT2D eigenvalue weighted by atomic mass is 10.1. The number of halogens is 1. The molecule has 0 aliphatic heterocycles. The van der Waals surface area contributed by atoms with Gasteiger partial charge in [-0.1, -0.05) is 35.9 Å². The molecule has 2 aromatic heterocycles. The second kappa shape index (κ2) is 7.63. The van der Waals surface area contributed by atoms with Gasteiger partial charge in [0.05, 0.1) is 17.6 Å². The Hall–Kier alpha value is -2.44. The summed E-state index contributed by atoms with van der Waals surface area (Å²) in [5.41, 5.74) is 3.86. The quantitative estimate of drug-likeness (QED) is 0.666. The van der Waals surface area contributed by atoms with Gasteiger partial charge in [0.1, 0.15) is 5.15 Å². The van der Waals surface area contributed by atoms with Crippen molar-refractivity contribution in [2.75, 3.05) is 12.4 Å². The Morgan fingerprint density at radius 1 is 1.24 bits per heavy atom. The molecule has 128 valence electrons. The number of aromatic nitrogens is 2. The topological polar surface area (TPSA) is 58.1 Å². The summed E-state index contributed by atoms with van der Waals surface area (Å²) in [5, 5.41) is 6.47. The molecule has 3 rings (SSSR count). The molecule has 0 spiro atoms. The summed E-state index contributed by atoms with van der Waals surface area (Å²) in [6.07, 6.45) is 1.67. The van der Waals surface area contributed by atoms with Crippen LogP contribution in [0.3, 0.4) is 0 Å². The monoisotopic (exact) mass is 372 g/mol. The molecule has 7 heteroatoms. The number of rotatable bonds is 5. The van der Waals surface area contributed by atoms with E-state index in [2.05, 4.69) is 15.3 Å². The van der Waals surface area contributed by atoms with Gasteiger partial charge in [-0.25, -0.2) is 9.97 Å². The molecular formula is C18H17ClN4OS. The van der Waals surface area contributed by atoms with Crippen LogP contribution >= 0.6 is 22.9 Å². The number of pyridine rings is 1. The summed E-state index contributed by atoms with van der Waals surface area (Å²) < 4.78 is 0. The van der Waals surface area contributed by atoms with Gasteiger partial charge in [-0.15, -0.1) is 11.3 Å². The van der Waals surface area contributed by atoms with Gasteiger partial charge in [0.25, 0.3) is 0 Å². The molecule has 0 radical (unpaired) electrons. The van der Waals surface area contributed by atoms with E-state index in [9.17, 15) is 4.79 Å². The van der Waals surface area contributed by atoms with Gasteiger partial charge < -0.3 is 10.2 Å². The molecular weight excluding hydrogens is 356 g/mol. The summed E-state index contributed by atoms with van der Waals surface area (Å²) in [4.78, 5) is 21.6. The maximum atomic E-state index is 11.3. The number of carbonyl (C=O) groups is 1. The summed E-state index contributed by atoms with van der Waals surface area (Å²) in [6, 6.07) is 11.7. The standard InChI is InChI=1S/C18H17ClN4OS/c1-12(24)23(2)10-13-3-5-14(6-4-13)16-11-25-18(22-16)21-15-7-8-17(19)20-9-15/h3-9,11H,10H2,1-2H3,(H,21,22). The molecule has 0 fully saturated rings. The van der Waals surface area contributed by atoms with E-state index >= 15 is 0 Å². The number of carbonyl (C=O) groups excluding carboxylic acids is 1. The van der Waals surface area contributed by atoms with Crippen LogP contribution in [-0.4, -0.2) is 27.8 Å². The van der Waals surface area contributed by atoms with Crippen molar-refractivity contribution in [1.82, 2.24) is 14.9 Å². The number of nitrogens with zero attached hydrogens (tertiary/aromatic N) is 3. The fraction of sp³-hybridized carbons (Fsp3) is 0.167. The Labute approximate surface area is 155 Å². The Bertz CT molecular complexity index is 862. The first-order valence-corrected chi connectivity index (χ1v) is 8.92. The van der Waals surface area contributed by atoms with E-state index in [-0.39, 0.29) is 5.91 Å². The number of benzene rings is 1. The molecule has 5 nitrogen and oxygen atoms in total. The highest BCUT2D eigenvalue weighted by atomic mass is 35.5. The molecule has 1 N–H and O–H groups in total. The third-order valence-electron chi connectivity index (χ3n) is 3.69. The Morgan fingerprint density at radius 3 is 2.64 bits per heavy atom. The van der Waals surface area contributed by atoms with Gasteiger partial charge in [-0.05, 0) is 17.7 Å². The van der Waals surface area contributed by atoms with Gasteiger partial charge in [0.2, 0.25) is 5.91 Å². The molecule has 0 saturated carbocycles. The van der Waals surface area contributed by atoms with Crippen molar-refractivity contribution < 1.29 is 4.79 Å². The number of amides is 1. The smallest absolute Gasteiger partial charge is 0.219 e. The molecule has 3 aromatic rings. The van der Waals surface area contributed by atoms with E-state index in [1.165, 1.54) is 11.3 Å². The van der Waals surface area contributed by atoms with Gasteiger partial charge in [0, 0.05) is 31.5 Å². The molecule has 1 aromatic carbocycles. The number of thiazole rings is 1. The van der Waals surface area contributed by atoms with Crippen LogP contribution in [0.4, 0.5) is 10.8 Å². The second-order valence-corrected chi connectivity index (χ2v) is 6.85. The zero-order valence-corrected chi connectivity index (χ0v) is 15.4. The summed E-state index contributed by atoms with van der Waals surface area (Å²) in [5.74, 6) is 0.0518. The minimum atomic E-state index is 0.0518. The first-order chi connectivity index (χ1) is 12.0. The van der Waals surface area contributed by atoms with Crippen molar-refractivity contribution in [1.29, 1.82) is 0 Å². The SMILES string of the molecule is CC(=O)N(C)Cc1ccc(-c2csc(Nc3ccc(Cl)nc3)n2)cc1. The Kier molecular flexibility index (Phi) is 5.31. The molecule has 0 aliphatic carbocycles. The molecule has 1 amide bonds. The lowest BCUT2D eigenvalue weighted by Gasteiger charge is -2.14. The van der Waals surface area contributed by atoms with Crippen LogP contribution in [0.2, 0.25) is 5.15 Å². The number of anilines is 2. The highest BCUT2D eigenvalue weighted by Gasteiger charge is 2.07. The van der Waals surface area contributed by atoms with Crippen LogP contribution in [0, 0.1) is 0 Å². The van der Waals surface area contributed by atoms with Crippen LogP contribution in [0.25, 0.3) is 11.3 Å². The maximum Gasteiger partial charge on any atom is 0.219 e. The third kappa shape index (κ3) is 4.55. The predicted molar refractivity (Wildman–Crippen MR) is 102 cm³/mol. The van der Waals surface area contributed by atoms with E-state index < -0.39 is 0 Å². The summed E-state index contributed by atoms with van der Waals surface area (Å²) in [7, 11) is 1.79. The van der Waals surface area contributed by atoms with E-state index in [1.807, 2.05) is 35.7 Å². The Balaban J connectivity index is 1.69. The average molecular weight is 373 g/mol. The number of hydrogen-bond donors (Lipinski definition) is 1. The molecule has 0 atom stereocenters. The van der Waals surface area contributed by atoms with Crippen LogP contribution in [0.15, 0.2) is 48.0 Å². The minimum Gasteiger partial charge on any atom is -0.342 e. The highest BCUT2D eigenvalue weighted by Crippen LogP contribution is 2.27. The predicted octanol–water partition coefficient (Wildman–Crippen LogP) is 4.58. The second-order valence-electron chi connectivity index (χ2n) is 5.60. The average Bonchev–Trinajstić information content (AvgIpc) is 3.06. The fourth-order valence-electron chi connectivity index (χ4n) is 2.20. The Morgan fingerprint density at radius 2 is 2.00 bits per heavy atom. The zero-order valence-electron chi connectivity index (χ0n) is 13.9. The molecule has 25 heavy (non-hydrogen) atoms. The summed E-state index contributed by atoms with van der Waals surface area (Å²) >= 11 is 7.31. The normalized spacial score (nSPS) is 10.5. The van der Waals surface area contributed by atoms with E-state index in [0.29, 0.717) is 11.7 Å².